The topological polar surface area (TPSA) is 128 Å². The Morgan fingerprint density at radius 1 is 0.810 bits per heavy atom. The largest absolute Gasteiger partial charge is 0.490 e. The molecule has 0 saturated heterocycles. The highest BCUT2D eigenvalue weighted by Crippen LogP contribution is 2.24. The molecule has 0 fully saturated rings. The highest BCUT2D eigenvalue weighted by Gasteiger charge is 2.41. The maximum Gasteiger partial charge on any atom is 0.357 e. The number of nitrogens with zero attached hydrogens (tertiary/aromatic N) is 4. The molecule has 0 spiro atoms. The molecule has 0 aromatic heterocycles. The van der Waals surface area contributed by atoms with Gasteiger partial charge in [0.2, 0.25) is 6.04 Å². The second-order valence-electron chi connectivity index (χ2n) is 9.03. The van der Waals surface area contributed by atoms with Crippen molar-refractivity contribution in [1.29, 1.82) is 0 Å². The second-order valence-corrected chi connectivity index (χ2v) is 9.03. The monoisotopic (exact) mass is 572 g/mol. The lowest BCUT2D eigenvalue weighted by Crippen LogP contribution is -2.34. The molecule has 0 radical (unpaired) electrons. The molecule has 4 rings (SSSR count). The minimum absolute atomic E-state index is 0.0148. The average Bonchev–Trinajstić information content (AvgIpc) is 3.36. The highest BCUT2D eigenvalue weighted by molar-refractivity contribution is 6.46. The van der Waals surface area contributed by atoms with Gasteiger partial charge in [0.05, 0.1) is 23.5 Å². The molecule has 1 unspecified atom stereocenters. The number of esters is 2. The van der Waals surface area contributed by atoms with E-state index in [1.807, 2.05) is 30.3 Å². The SMILES string of the molecule is CCCCOCCOC(=O)C1=NN(c2ccccc2)C(=O)C1N=Nc1ccc(C(=O)OCCOc2ccccc2)cc1. The fraction of sp³-hybridized carbons (Fsp3) is 0.290. The van der Waals surface area contributed by atoms with E-state index in [1.54, 1.807) is 42.5 Å². The predicted molar refractivity (Wildman–Crippen MR) is 155 cm³/mol. The first-order valence-electron chi connectivity index (χ1n) is 13.6. The van der Waals surface area contributed by atoms with Crippen molar-refractivity contribution in [2.24, 2.45) is 15.3 Å². The highest BCUT2D eigenvalue weighted by atomic mass is 16.6. The van der Waals surface area contributed by atoms with E-state index >= 15 is 0 Å². The number of anilines is 1. The summed E-state index contributed by atoms with van der Waals surface area (Å²) in [7, 11) is 0. The van der Waals surface area contributed by atoms with Gasteiger partial charge in [-0.2, -0.15) is 20.3 Å². The first kappa shape index (κ1) is 30.1. The lowest BCUT2D eigenvalue weighted by atomic mass is 10.2. The number of unbranched alkanes of at least 4 members (excludes halogenated alkanes) is 1. The predicted octanol–water partition coefficient (Wildman–Crippen LogP) is 5.14. The summed E-state index contributed by atoms with van der Waals surface area (Å²) in [5.41, 5.74) is 0.972. The summed E-state index contributed by atoms with van der Waals surface area (Å²) >= 11 is 0. The molecular formula is C31H32N4O7. The van der Waals surface area contributed by atoms with Crippen LogP contribution >= 0.6 is 0 Å². The molecule has 1 aliphatic rings. The van der Waals surface area contributed by atoms with Crippen LogP contribution in [0.2, 0.25) is 0 Å². The van der Waals surface area contributed by atoms with Gasteiger partial charge in [0.25, 0.3) is 5.91 Å². The molecule has 1 atom stereocenters. The summed E-state index contributed by atoms with van der Waals surface area (Å²) in [6, 6.07) is 22.8. The van der Waals surface area contributed by atoms with Crippen LogP contribution in [0.3, 0.4) is 0 Å². The van der Waals surface area contributed by atoms with Gasteiger partial charge in [-0.05, 0) is 55.0 Å². The number of ether oxygens (including phenoxy) is 4. The summed E-state index contributed by atoms with van der Waals surface area (Å²) in [5, 5.41) is 13.6. The van der Waals surface area contributed by atoms with Gasteiger partial charge in [-0.15, -0.1) is 0 Å². The number of carbonyl (C=O) groups excluding carboxylic acids is 3. The molecule has 3 aromatic carbocycles. The normalized spacial score (nSPS) is 14.6. The van der Waals surface area contributed by atoms with Crippen molar-refractivity contribution in [2.45, 2.75) is 25.8 Å². The molecule has 218 valence electrons. The van der Waals surface area contributed by atoms with Crippen LogP contribution in [-0.2, 0) is 23.8 Å². The van der Waals surface area contributed by atoms with Gasteiger partial charge in [-0.25, -0.2) is 9.59 Å². The van der Waals surface area contributed by atoms with E-state index in [0.29, 0.717) is 29.3 Å². The summed E-state index contributed by atoms with van der Waals surface area (Å²) in [4.78, 5) is 38.4. The zero-order valence-corrected chi connectivity index (χ0v) is 23.3. The molecular weight excluding hydrogens is 540 g/mol. The Kier molecular flexibility index (Phi) is 11.3. The van der Waals surface area contributed by atoms with Crippen molar-refractivity contribution < 1.29 is 33.3 Å². The van der Waals surface area contributed by atoms with E-state index in [2.05, 4.69) is 22.3 Å². The van der Waals surface area contributed by atoms with Crippen LogP contribution in [0.4, 0.5) is 11.4 Å². The number of azo groups is 1. The maximum absolute atomic E-state index is 13.2. The third kappa shape index (κ3) is 8.55. The zero-order valence-electron chi connectivity index (χ0n) is 23.3. The Balaban J connectivity index is 1.36. The molecule has 1 amide bonds. The first-order chi connectivity index (χ1) is 20.6. The minimum Gasteiger partial charge on any atom is -0.490 e. The average molecular weight is 573 g/mol. The fourth-order valence-electron chi connectivity index (χ4n) is 3.75. The maximum atomic E-state index is 13.2. The third-order valence-corrected chi connectivity index (χ3v) is 5.94. The van der Waals surface area contributed by atoms with Crippen molar-refractivity contribution in [3.63, 3.8) is 0 Å². The van der Waals surface area contributed by atoms with Gasteiger partial charge in [0.15, 0.2) is 5.71 Å². The molecule has 1 heterocycles. The summed E-state index contributed by atoms with van der Waals surface area (Å²) < 4.78 is 21.5. The lowest BCUT2D eigenvalue weighted by molar-refractivity contribution is -0.137. The van der Waals surface area contributed by atoms with E-state index in [0.717, 1.165) is 17.9 Å². The standard InChI is InChI=1S/C31H32N4O7/c1-2-3-18-39-19-20-42-31(38)28-27(29(36)35(34-28)25-10-6-4-7-11-25)33-32-24-16-14-23(15-17-24)30(37)41-22-21-40-26-12-8-5-9-13-26/h4-17,27H,2-3,18-22H2,1H3. The zero-order chi connectivity index (χ0) is 29.6. The van der Waals surface area contributed by atoms with E-state index in [-0.39, 0.29) is 32.1 Å². The number of para-hydroxylation sites is 2. The summed E-state index contributed by atoms with van der Waals surface area (Å²) in [6.07, 6.45) is 1.91. The number of hydrogen-bond acceptors (Lipinski definition) is 10. The minimum atomic E-state index is -1.30. The van der Waals surface area contributed by atoms with Crippen LogP contribution in [0.25, 0.3) is 0 Å². The number of amides is 1. The lowest BCUT2D eigenvalue weighted by Gasteiger charge is -2.11. The van der Waals surface area contributed by atoms with Crippen LogP contribution in [0.15, 0.2) is 100 Å². The van der Waals surface area contributed by atoms with E-state index in [9.17, 15) is 14.4 Å². The van der Waals surface area contributed by atoms with Crippen LogP contribution in [0, 0.1) is 0 Å². The Labute approximate surface area is 243 Å². The van der Waals surface area contributed by atoms with E-state index < -0.39 is 23.9 Å². The fourth-order valence-corrected chi connectivity index (χ4v) is 3.75. The Hall–Kier alpha value is -4.90. The summed E-state index contributed by atoms with van der Waals surface area (Å²) in [6.45, 7) is 3.18. The Morgan fingerprint density at radius 3 is 2.19 bits per heavy atom. The third-order valence-electron chi connectivity index (χ3n) is 5.94. The number of hydrazone groups is 1. The molecule has 3 aromatic rings. The molecule has 42 heavy (non-hydrogen) atoms. The van der Waals surface area contributed by atoms with E-state index in [4.69, 9.17) is 18.9 Å². The van der Waals surface area contributed by atoms with Crippen LogP contribution in [-0.4, -0.2) is 62.6 Å². The molecule has 0 bridgehead atoms. The van der Waals surface area contributed by atoms with Crippen LogP contribution in [0.1, 0.15) is 30.1 Å². The van der Waals surface area contributed by atoms with Crippen LogP contribution < -0.4 is 9.75 Å². The molecule has 0 saturated carbocycles. The quantitative estimate of drug-likeness (QED) is 0.140. The van der Waals surface area contributed by atoms with Gasteiger partial charge in [-0.1, -0.05) is 49.7 Å². The second kappa shape index (κ2) is 15.8. The molecule has 11 heteroatoms. The van der Waals surface area contributed by atoms with Crippen molar-refractivity contribution in [2.75, 3.05) is 38.0 Å². The number of carbonyl (C=O) groups is 3. The number of rotatable bonds is 15. The summed E-state index contributed by atoms with van der Waals surface area (Å²) in [5.74, 6) is -1.16. The van der Waals surface area contributed by atoms with Crippen molar-refractivity contribution in [3.05, 3.63) is 90.5 Å². The molecule has 1 aliphatic heterocycles. The Morgan fingerprint density at radius 2 is 1.48 bits per heavy atom. The van der Waals surface area contributed by atoms with Gasteiger partial charge in [0, 0.05) is 6.61 Å². The van der Waals surface area contributed by atoms with Crippen LogP contribution in [0.5, 0.6) is 5.75 Å². The molecule has 0 aliphatic carbocycles. The Bertz CT molecular complexity index is 1380. The van der Waals surface area contributed by atoms with Gasteiger partial charge >= 0.3 is 11.9 Å². The number of hydrogen-bond donors (Lipinski definition) is 0. The van der Waals surface area contributed by atoms with Crippen molar-refractivity contribution in [1.82, 2.24) is 0 Å². The first-order valence-corrected chi connectivity index (χ1v) is 13.6. The number of benzene rings is 3. The van der Waals surface area contributed by atoms with Crippen molar-refractivity contribution >= 4 is 34.9 Å². The van der Waals surface area contributed by atoms with Gasteiger partial charge in [-0.3, -0.25) is 4.79 Å². The van der Waals surface area contributed by atoms with Crippen molar-refractivity contribution in [3.8, 4) is 5.75 Å². The van der Waals surface area contributed by atoms with Gasteiger partial charge < -0.3 is 18.9 Å². The molecule has 0 N–H and O–H groups in total. The smallest absolute Gasteiger partial charge is 0.357 e. The van der Waals surface area contributed by atoms with Gasteiger partial charge in [0.1, 0.15) is 25.6 Å². The van der Waals surface area contributed by atoms with E-state index in [1.165, 1.54) is 12.1 Å². The molecule has 11 nitrogen and oxygen atoms in total.